The van der Waals surface area contributed by atoms with Gasteiger partial charge in [-0.1, -0.05) is 18.2 Å². The van der Waals surface area contributed by atoms with Crippen LogP contribution in [-0.2, 0) is 4.79 Å². The molecule has 2 aromatic carbocycles. The number of amides is 3. The van der Waals surface area contributed by atoms with Crippen LogP contribution >= 0.6 is 0 Å². The normalized spacial score (nSPS) is 16.6. The largest absolute Gasteiger partial charge is 0.324 e. The third-order valence-electron chi connectivity index (χ3n) is 4.31. The summed E-state index contributed by atoms with van der Waals surface area (Å²) in [4.78, 5) is 26.6. The molecule has 3 rings (SSSR count). The second kappa shape index (κ2) is 7.34. The van der Waals surface area contributed by atoms with Gasteiger partial charge in [-0.15, -0.1) is 0 Å². The highest BCUT2D eigenvalue weighted by atomic mass is 19.1. The predicted molar refractivity (Wildman–Crippen MR) is 95.0 cm³/mol. The highest BCUT2D eigenvalue weighted by Gasteiger charge is 2.34. The van der Waals surface area contributed by atoms with Crippen LogP contribution in [0.1, 0.15) is 18.4 Å². The molecule has 1 heterocycles. The quantitative estimate of drug-likeness (QED) is 0.893. The number of aryl methyl sites for hydroxylation is 1. The predicted octanol–water partition coefficient (Wildman–Crippen LogP) is 3.77. The van der Waals surface area contributed by atoms with Crippen LogP contribution in [-0.4, -0.2) is 29.4 Å². The minimum atomic E-state index is -0.514. The van der Waals surface area contributed by atoms with Crippen LogP contribution in [0.4, 0.5) is 20.6 Å². The zero-order valence-electron chi connectivity index (χ0n) is 14.0. The van der Waals surface area contributed by atoms with E-state index in [-0.39, 0.29) is 17.8 Å². The molecule has 1 aliphatic heterocycles. The van der Waals surface area contributed by atoms with Crippen LogP contribution in [0.3, 0.4) is 0 Å². The first kappa shape index (κ1) is 17.0. The molecule has 1 saturated heterocycles. The highest BCUT2D eigenvalue weighted by molar-refractivity contribution is 5.99. The number of likely N-dealkylation sites (tertiary alicyclic amines) is 1. The molecule has 0 spiro atoms. The van der Waals surface area contributed by atoms with Crippen molar-refractivity contribution in [1.82, 2.24) is 4.90 Å². The molecule has 3 amide bonds. The SMILES string of the molecule is Cc1ccccc1NC(=O)[C@H]1CCCN1C(=O)Nc1ccc(F)cc1. The first-order valence-electron chi connectivity index (χ1n) is 8.24. The third kappa shape index (κ3) is 3.96. The molecule has 0 bridgehead atoms. The van der Waals surface area contributed by atoms with Gasteiger partial charge in [0.2, 0.25) is 5.91 Å². The fraction of sp³-hybridized carbons (Fsp3) is 0.263. The summed E-state index contributed by atoms with van der Waals surface area (Å²) >= 11 is 0. The minimum absolute atomic E-state index is 0.193. The zero-order chi connectivity index (χ0) is 17.8. The number of nitrogens with one attached hydrogen (secondary N) is 2. The maximum Gasteiger partial charge on any atom is 0.322 e. The van der Waals surface area contributed by atoms with Crippen molar-refractivity contribution in [1.29, 1.82) is 0 Å². The molecule has 1 atom stereocenters. The summed E-state index contributed by atoms with van der Waals surface area (Å²) in [6.07, 6.45) is 1.39. The Labute approximate surface area is 145 Å². The van der Waals surface area contributed by atoms with E-state index < -0.39 is 6.04 Å². The zero-order valence-corrected chi connectivity index (χ0v) is 14.0. The van der Waals surface area contributed by atoms with E-state index in [2.05, 4.69) is 10.6 Å². The van der Waals surface area contributed by atoms with Gasteiger partial charge < -0.3 is 15.5 Å². The summed E-state index contributed by atoms with van der Waals surface area (Å²) in [7, 11) is 0. The van der Waals surface area contributed by atoms with Gasteiger partial charge in [-0.05, 0) is 55.7 Å². The molecule has 2 aromatic rings. The van der Waals surface area contributed by atoms with Gasteiger partial charge in [-0.3, -0.25) is 4.79 Å². The van der Waals surface area contributed by atoms with E-state index in [1.165, 1.54) is 29.2 Å². The maximum atomic E-state index is 13.0. The topological polar surface area (TPSA) is 61.4 Å². The van der Waals surface area contributed by atoms with Gasteiger partial charge in [0.15, 0.2) is 0 Å². The maximum absolute atomic E-state index is 13.0. The highest BCUT2D eigenvalue weighted by Crippen LogP contribution is 2.22. The van der Waals surface area contributed by atoms with Gasteiger partial charge in [-0.25, -0.2) is 9.18 Å². The Morgan fingerprint density at radius 2 is 1.80 bits per heavy atom. The molecule has 0 aliphatic carbocycles. The average Bonchev–Trinajstić information content (AvgIpc) is 3.09. The molecule has 0 radical (unpaired) electrons. The Bertz CT molecular complexity index is 776. The lowest BCUT2D eigenvalue weighted by molar-refractivity contribution is -0.119. The van der Waals surface area contributed by atoms with E-state index in [1.54, 1.807) is 0 Å². The van der Waals surface area contributed by atoms with Gasteiger partial charge in [0.25, 0.3) is 0 Å². The van der Waals surface area contributed by atoms with Crippen molar-refractivity contribution >= 4 is 23.3 Å². The van der Waals surface area contributed by atoms with E-state index in [4.69, 9.17) is 0 Å². The molecule has 1 fully saturated rings. The second-order valence-electron chi connectivity index (χ2n) is 6.09. The van der Waals surface area contributed by atoms with Gasteiger partial charge >= 0.3 is 6.03 Å². The number of carbonyl (C=O) groups is 2. The lowest BCUT2D eigenvalue weighted by atomic mass is 10.1. The number of nitrogens with zero attached hydrogens (tertiary/aromatic N) is 1. The molecule has 130 valence electrons. The third-order valence-corrected chi connectivity index (χ3v) is 4.31. The van der Waals surface area contributed by atoms with E-state index in [1.807, 2.05) is 31.2 Å². The number of benzene rings is 2. The first-order chi connectivity index (χ1) is 12.0. The molecular formula is C19H20FN3O2. The fourth-order valence-corrected chi connectivity index (χ4v) is 2.94. The van der Waals surface area contributed by atoms with Crippen LogP contribution in [0.25, 0.3) is 0 Å². The van der Waals surface area contributed by atoms with Gasteiger partial charge in [-0.2, -0.15) is 0 Å². The van der Waals surface area contributed by atoms with Crippen LogP contribution in [0, 0.1) is 12.7 Å². The van der Waals surface area contributed by atoms with E-state index in [0.29, 0.717) is 18.7 Å². The van der Waals surface area contributed by atoms with Crippen LogP contribution in [0.2, 0.25) is 0 Å². The Hall–Kier alpha value is -2.89. The summed E-state index contributed by atoms with van der Waals surface area (Å²) in [5.74, 6) is -0.560. The molecule has 0 unspecified atom stereocenters. The summed E-state index contributed by atoms with van der Waals surface area (Å²) in [5.41, 5.74) is 2.21. The standard InChI is InChI=1S/C19H20FN3O2/c1-13-5-2-3-6-16(13)22-18(24)17-7-4-12-23(17)19(25)21-15-10-8-14(20)9-11-15/h2-3,5-6,8-11,17H,4,7,12H2,1H3,(H,21,25)(H,22,24)/t17-/m1/s1. The van der Waals surface area contributed by atoms with Gasteiger partial charge in [0.05, 0.1) is 0 Å². The number of para-hydroxylation sites is 1. The number of rotatable bonds is 3. The van der Waals surface area contributed by atoms with Gasteiger partial charge in [0.1, 0.15) is 11.9 Å². The Morgan fingerprint density at radius 3 is 2.52 bits per heavy atom. The van der Waals surface area contributed by atoms with Crippen LogP contribution in [0.5, 0.6) is 0 Å². The van der Waals surface area contributed by atoms with Crippen molar-refractivity contribution in [2.75, 3.05) is 17.2 Å². The Morgan fingerprint density at radius 1 is 1.08 bits per heavy atom. The molecule has 0 aromatic heterocycles. The van der Waals surface area contributed by atoms with Crippen molar-refractivity contribution in [2.45, 2.75) is 25.8 Å². The number of carbonyl (C=O) groups excluding carboxylic acids is 2. The van der Waals surface area contributed by atoms with Crippen LogP contribution in [0.15, 0.2) is 48.5 Å². The van der Waals surface area contributed by atoms with Gasteiger partial charge in [0, 0.05) is 17.9 Å². The summed E-state index contributed by atoms with van der Waals surface area (Å²) in [6.45, 7) is 2.43. The minimum Gasteiger partial charge on any atom is -0.324 e. The number of halogens is 1. The molecule has 6 heteroatoms. The van der Waals surface area contributed by atoms with Crippen molar-refractivity contribution in [2.24, 2.45) is 0 Å². The summed E-state index contributed by atoms with van der Waals surface area (Å²) in [5, 5.41) is 5.61. The molecule has 2 N–H and O–H groups in total. The Balaban J connectivity index is 1.67. The smallest absolute Gasteiger partial charge is 0.322 e. The second-order valence-corrected chi connectivity index (χ2v) is 6.09. The number of anilines is 2. The van der Waals surface area contributed by atoms with Crippen molar-refractivity contribution < 1.29 is 14.0 Å². The average molecular weight is 341 g/mol. The molecular weight excluding hydrogens is 321 g/mol. The monoisotopic (exact) mass is 341 g/mol. The molecule has 5 nitrogen and oxygen atoms in total. The fourth-order valence-electron chi connectivity index (χ4n) is 2.94. The van der Waals surface area contributed by atoms with E-state index >= 15 is 0 Å². The summed E-state index contributed by atoms with van der Waals surface area (Å²) < 4.78 is 13.0. The molecule has 0 saturated carbocycles. The Kier molecular flexibility index (Phi) is 4.97. The van der Waals surface area contributed by atoms with Crippen molar-refractivity contribution in [3.63, 3.8) is 0 Å². The van der Waals surface area contributed by atoms with Crippen molar-refractivity contribution in [3.05, 3.63) is 59.9 Å². The molecule has 1 aliphatic rings. The van der Waals surface area contributed by atoms with E-state index in [0.717, 1.165) is 17.7 Å². The summed E-state index contributed by atoms with van der Waals surface area (Å²) in [6, 6.07) is 12.2. The van der Waals surface area contributed by atoms with Crippen LogP contribution < -0.4 is 10.6 Å². The number of hydrogen-bond donors (Lipinski definition) is 2. The van der Waals surface area contributed by atoms with E-state index in [9.17, 15) is 14.0 Å². The molecule has 25 heavy (non-hydrogen) atoms. The number of urea groups is 1. The number of hydrogen-bond acceptors (Lipinski definition) is 2. The lowest BCUT2D eigenvalue weighted by Crippen LogP contribution is -2.45. The van der Waals surface area contributed by atoms with Crippen molar-refractivity contribution in [3.8, 4) is 0 Å². The lowest BCUT2D eigenvalue weighted by Gasteiger charge is -2.24. The first-order valence-corrected chi connectivity index (χ1v) is 8.24.